The average Bonchev–Trinajstić information content (AvgIpc) is 2.83. The molecule has 3 nitrogen and oxygen atoms in total. The van der Waals surface area contributed by atoms with Gasteiger partial charge in [-0.15, -0.1) is 0 Å². The molecule has 1 N–H and O–H groups in total. The lowest BCUT2D eigenvalue weighted by Crippen LogP contribution is -2.52. The zero-order chi connectivity index (χ0) is 11.0. The molecule has 0 atom stereocenters. The van der Waals surface area contributed by atoms with Crippen molar-refractivity contribution < 1.29 is 0 Å². The van der Waals surface area contributed by atoms with Gasteiger partial charge in [0.25, 0.3) is 0 Å². The van der Waals surface area contributed by atoms with E-state index in [9.17, 15) is 0 Å². The minimum absolute atomic E-state index is 0.453. The Morgan fingerprint density at radius 2 is 2.19 bits per heavy atom. The van der Waals surface area contributed by atoms with Crippen LogP contribution in [0.3, 0.4) is 0 Å². The first kappa shape index (κ1) is 10.3. The van der Waals surface area contributed by atoms with Gasteiger partial charge in [-0.25, -0.2) is 0 Å². The third-order valence-corrected chi connectivity index (χ3v) is 4.07. The molecule has 1 saturated carbocycles. The highest BCUT2D eigenvalue weighted by Crippen LogP contribution is 2.30. The molecule has 1 aliphatic heterocycles. The SMILES string of the molecule is CC1(Cc2ccn(C3CCCC3)n2)CNC1. The van der Waals surface area contributed by atoms with Crippen molar-refractivity contribution in [2.75, 3.05) is 13.1 Å². The molecule has 0 spiro atoms. The second-order valence-electron chi connectivity index (χ2n) is 5.82. The lowest BCUT2D eigenvalue weighted by molar-refractivity contribution is 0.193. The Morgan fingerprint density at radius 1 is 1.44 bits per heavy atom. The molecule has 16 heavy (non-hydrogen) atoms. The molecule has 1 aromatic rings. The summed E-state index contributed by atoms with van der Waals surface area (Å²) in [6.45, 7) is 4.63. The fourth-order valence-electron chi connectivity index (χ4n) is 2.96. The molecule has 0 unspecified atom stereocenters. The third-order valence-electron chi connectivity index (χ3n) is 4.07. The number of nitrogens with zero attached hydrogens (tertiary/aromatic N) is 2. The van der Waals surface area contributed by atoms with Gasteiger partial charge in [0.15, 0.2) is 0 Å². The van der Waals surface area contributed by atoms with Crippen LogP contribution < -0.4 is 5.32 Å². The van der Waals surface area contributed by atoms with Crippen LogP contribution in [0.2, 0.25) is 0 Å². The van der Waals surface area contributed by atoms with Gasteiger partial charge in [-0.05, 0) is 30.7 Å². The zero-order valence-electron chi connectivity index (χ0n) is 10.1. The highest BCUT2D eigenvalue weighted by molar-refractivity contribution is 5.06. The molecule has 1 aliphatic carbocycles. The monoisotopic (exact) mass is 219 g/mol. The quantitative estimate of drug-likeness (QED) is 0.844. The summed E-state index contributed by atoms with van der Waals surface area (Å²) in [5.41, 5.74) is 1.73. The smallest absolute Gasteiger partial charge is 0.0631 e. The van der Waals surface area contributed by atoms with E-state index in [1.54, 1.807) is 0 Å². The summed E-state index contributed by atoms with van der Waals surface area (Å²) in [4.78, 5) is 0. The minimum atomic E-state index is 0.453. The maximum atomic E-state index is 4.75. The fourth-order valence-corrected chi connectivity index (χ4v) is 2.96. The summed E-state index contributed by atoms with van der Waals surface area (Å²) in [5.74, 6) is 0. The lowest BCUT2D eigenvalue weighted by atomic mass is 9.80. The maximum absolute atomic E-state index is 4.75. The number of nitrogens with one attached hydrogen (secondary N) is 1. The molecule has 88 valence electrons. The van der Waals surface area contributed by atoms with E-state index in [-0.39, 0.29) is 0 Å². The number of aromatic nitrogens is 2. The van der Waals surface area contributed by atoms with Gasteiger partial charge in [-0.1, -0.05) is 19.8 Å². The molecule has 0 amide bonds. The van der Waals surface area contributed by atoms with Crippen molar-refractivity contribution >= 4 is 0 Å². The second-order valence-corrected chi connectivity index (χ2v) is 5.82. The minimum Gasteiger partial charge on any atom is -0.316 e. The van der Waals surface area contributed by atoms with Crippen molar-refractivity contribution in [3.05, 3.63) is 18.0 Å². The largest absolute Gasteiger partial charge is 0.316 e. The van der Waals surface area contributed by atoms with Gasteiger partial charge in [-0.2, -0.15) is 5.10 Å². The summed E-state index contributed by atoms with van der Waals surface area (Å²) in [6, 6.07) is 2.89. The molecule has 0 aromatic carbocycles. The topological polar surface area (TPSA) is 29.9 Å². The Balaban J connectivity index is 1.67. The van der Waals surface area contributed by atoms with Crippen LogP contribution in [0.15, 0.2) is 12.3 Å². The Hall–Kier alpha value is -0.830. The summed E-state index contributed by atoms with van der Waals surface area (Å²) in [7, 11) is 0. The molecule has 1 aromatic heterocycles. The summed E-state index contributed by atoms with van der Waals surface area (Å²) < 4.78 is 2.21. The Kier molecular flexibility index (Phi) is 2.51. The highest BCUT2D eigenvalue weighted by atomic mass is 15.3. The van der Waals surface area contributed by atoms with E-state index in [0.717, 1.165) is 19.5 Å². The van der Waals surface area contributed by atoms with Crippen molar-refractivity contribution in [2.24, 2.45) is 5.41 Å². The van der Waals surface area contributed by atoms with Crippen LogP contribution in [0.1, 0.15) is 44.3 Å². The molecular formula is C13H21N3. The maximum Gasteiger partial charge on any atom is 0.0631 e. The molecule has 2 heterocycles. The van der Waals surface area contributed by atoms with Crippen molar-refractivity contribution in [3.63, 3.8) is 0 Å². The lowest BCUT2D eigenvalue weighted by Gasteiger charge is -2.38. The Morgan fingerprint density at radius 3 is 2.81 bits per heavy atom. The summed E-state index contributed by atoms with van der Waals surface area (Å²) >= 11 is 0. The van der Waals surface area contributed by atoms with Gasteiger partial charge in [0, 0.05) is 19.3 Å². The van der Waals surface area contributed by atoms with E-state index in [0.29, 0.717) is 11.5 Å². The summed E-state index contributed by atoms with van der Waals surface area (Å²) in [5, 5.41) is 8.10. The zero-order valence-corrected chi connectivity index (χ0v) is 10.1. The number of hydrogen-bond donors (Lipinski definition) is 1. The normalized spacial score (nSPS) is 24.6. The van der Waals surface area contributed by atoms with Crippen molar-refractivity contribution in [1.29, 1.82) is 0 Å². The van der Waals surface area contributed by atoms with E-state index in [4.69, 9.17) is 5.10 Å². The number of rotatable bonds is 3. The Labute approximate surface area is 97.2 Å². The second kappa shape index (κ2) is 3.88. The van der Waals surface area contributed by atoms with Crippen LogP contribution in [0.5, 0.6) is 0 Å². The average molecular weight is 219 g/mol. The molecule has 3 rings (SSSR count). The van der Waals surface area contributed by atoms with Crippen LogP contribution in [-0.2, 0) is 6.42 Å². The van der Waals surface area contributed by atoms with Gasteiger partial charge in [-0.3, -0.25) is 4.68 Å². The molecular weight excluding hydrogens is 198 g/mol. The fraction of sp³-hybridized carbons (Fsp3) is 0.769. The van der Waals surface area contributed by atoms with Gasteiger partial charge in [0.05, 0.1) is 11.7 Å². The van der Waals surface area contributed by atoms with Crippen molar-refractivity contribution in [3.8, 4) is 0 Å². The highest BCUT2D eigenvalue weighted by Gasteiger charge is 2.32. The van der Waals surface area contributed by atoms with Crippen molar-refractivity contribution in [2.45, 2.75) is 45.1 Å². The Bertz CT molecular complexity index is 359. The first-order valence-corrected chi connectivity index (χ1v) is 6.50. The molecule has 2 fully saturated rings. The van der Waals surface area contributed by atoms with E-state index in [2.05, 4.69) is 29.2 Å². The first-order valence-electron chi connectivity index (χ1n) is 6.50. The summed E-state index contributed by atoms with van der Waals surface area (Å²) in [6.07, 6.45) is 8.70. The van der Waals surface area contributed by atoms with Crippen LogP contribution in [0.4, 0.5) is 0 Å². The van der Waals surface area contributed by atoms with Gasteiger partial charge >= 0.3 is 0 Å². The molecule has 2 aliphatic rings. The predicted octanol–water partition coefficient (Wildman–Crippen LogP) is 2.15. The van der Waals surface area contributed by atoms with E-state index in [1.165, 1.54) is 31.4 Å². The van der Waals surface area contributed by atoms with Crippen LogP contribution in [0.25, 0.3) is 0 Å². The van der Waals surface area contributed by atoms with Crippen LogP contribution in [-0.4, -0.2) is 22.9 Å². The van der Waals surface area contributed by atoms with Crippen molar-refractivity contribution in [1.82, 2.24) is 15.1 Å². The first-order chi connectivity index (χ1) is 7.75. The standard InChI is InChI=1S/C13H21N3/c1-13(9-14-10-13)8-11-6-7-16(15-11)12-4-2-3-5-12/h6-7,12,14H,2-5,8-10H2,1H3. The molecule has 3 heteroatoms. The van der Waals surface area contributed by atoms with E-state index >= 15 is 0 Å². The van der Waals surface area contributed by atoms with Crippen LogP contribution >= 0.6 is 0 Å². The molecule has 0 radical (unpaired) electrons. The van der Waals surface area contributed by atoms with E-state index < -0.39 is 0 Å². The molecule has 0 bridgehead atoms. The predicted molar refractivity (Wildman–Crippen MR) is 64.4 cm³/mol. The number of hydrogen-bond acceptors (Lipinski definition) is 2. The van der Waals surface area contributed by atoms with Crippen LogP contribution in [0, 0.1) is 5.41 Å². The van der Waals surface area contributed by atoms with Gasteiger partial charge < -0.3 is 5.32 Å². The van der Waals surface area contributed by atoms with Gasteiger partial charge in [0.1, 0.15) is 0 Å². The van der Waals surface area contributed by atoms with E-state index in [1.807, 2.05) is 0 Å². The molecule has 1 saturated heterocycles. The van der Waals surface area contributed by atoms with Gasteiger partial charge in [0.2, 0.25) is 0 Å². The third kappa shape index (κ3) is 1.88.